The van der Waals surface area contributed by atoms with E-state index < -0.39 is 5.92 Å². The smallest absolute Gasteiger partial charge is 0.244 e. The van der Waals surface area contributed by atoms with E-state index in [9.17, 15) is 10.1 Å². The molecule has 1 heterocycles. The van der Waals surface area contributed by atoms with Gasteiger partial charge in [-0.05, 0) is 17.7 Å². The molecular weight excluding hydrogens is 250 g/mol. The van der Waals surface area contributed by atoms with Gasteiger partial charge in [0.15, 0.2) is 0 Å². The molecule has 0 aliphatic carbocycles. The summed E-state index contributed by atoms with van der Waals surface area (Å²) in [6.45, 7) is 0.394. The van der Waals surface area contributed by atoms with Crippen molar-refractivity contribution >= 4 is 5.91 Å². The van der Waals surface area contributed by atoms with Gasteiger partial charge in [-0.3, -0.25) is 9.78 Å². The molecule has 1 atom stereocenters. The normalized spacial score (nSPS) is 11.4. The van der Waals surface area contributed by atoms with Crippen LogP contribution in [-0.4, -0.2) is 22.8 Å². The first-order valence-corrected chi connectivity index (χ1v) is 6.32. The van der Waals surface area contributed by atoms with E-state index in [2.05, 4.69) is 11.1 Å². The van der Waals surface area contributed by atoms with Crippen molar-refractivity contribution in [3.8, 4) is 6.07 Å². The molecule has 1 unspecified atom stereocenters. The van der Waals surface area contributed by atoms with Crippen LogP contribution in [0.15, 0.2) is 54.7 Å². The van der Waals surface area contributed by atoms with Crippen molar-refractivity contribution in [2.75, 3.05) is 7.05 Å². The first-order chi connectivity index (χ1) is 9.72. The summed E-state index contributed by atoms with van der Waals surface area (Å²) in [6, 6.07) is 16.7. The van der Waals surface area contributed by atoms with Crippen LogP contribution in [0, 0.1) is 11.3 Å². The number of aromatic nitrogens is 1. The Labute approximate surface area is 118 Å². The summed E-state index contributed by atoms with van der Waals surface area (Å²) in [5.41, 5.74) is 1.51. The third-order valence-electron chi connectivity index (χ3n) is 3.01. The predicted molar refractivity (Wildman–Crippen MR) is 75.5 cm³/mol. The van der Waals surface area contributed by atoms with Crippen molar-refractivity contribution in [1.82, 2.24) is 9.88 Å². The molecule has 0 N–H and O–H groups in total. The molecule has 0 aliphatic rings. The average Bonchev–Trinajstić information content (AvgIpc) is 2.50. The molecule has 0 saturated heterocycles. The topological polar surface area (TPSA) is 57.0 Å². The van der Waals surface area contributed by atoms with Crippen LogP contribution in [0.5, 0.6) is 0 Å². The van der Waals surface area contributed by atoms with Crippen molar-refractivity contribution < 1.29 is 4.79 Å². The first kappa shape index (κ1) is 13.8. The summed E-state index contributed by atoms with van der Waals surface area (Å²) in [5, 5.41) is 9.25. The summed E-state index contributed by atoms with van der Waals surface area (Å²) in [7, 11) is 1.68. The molecule has 0 fully saturated rings. The van der Waals surface area contributed by atoms with Gasteiger partial charge in [0.2, 0.25) is 5.91 Å². The number of hydrogen-bond acceptors (Lipinski definition) is 3. The Hall–Kier alpha value is -2.67. The predicted octanol–water partition coefficient (Wildman–Crippen LogP) is 2.35. The highest BCUT2D eigenvalue weighted by molar-refractivity contribution is 5.86. The highest BCUT2D eigenvalue weighted by atomic mass is 16.2. The third-order valence-corrected chi connectivity index (χ3v) is 3.01. The van der Waals surface area contributed by atoms with E-state index in [1.807, 2.05) is 36.4 Å². The lowest BCUT2D eigenvalue weighted by Gasteiger charge is -2.19. The van der Waals surface area contributed by atoms with Crippen LogP contribution in [-0.2, 0) is 11.3 Å². The number of hydrogen-bond donors (Lipinski definition) is 0. The van der Waals surface area contributed by atoms with Crippen LogP contribution in [0.1, 0.15) is 17.2 Å². The lowest BCUT2D eigenvalue weighted by molar-refractivity contribution is -0.130. The van der Waals surface area contributed by atoms with Gasteiger partial charge in [0.1, 0.15) is 5.92 Å². The van der Waals surface area contributed by atoms with E-state index in [0.29, 0.717) is 12.1 Å². The van der Waals surface area contributed by atoms with Gasteiger partial charge in [0.05, 0.1) is 18.3 Å². The molecule has 0 saturated carbocycles. The average molecular weight is 265 g/mol. The molecule has 0 radical (unpaired) electrons. The van der Waals surface area contributed by atoms with E-state index in [-0.39, 0.29) is 5.91 Å². The molecule has 1 amide bonds. The fourth-order valence-corrected chi connectivity index (χ4v) is 1.95. The number of likely N-dealkylation sites (N-methyl/N-ethyl adjacent to an activating group) is 1. The summed E-state index contributed by atoms with van der Waals surface area (Å²) in [5.74, 6) is -0.991. The summed E-state index contributed by atoms with van der Waals surface area (Å²) >= 11 is 0. The lowest BCUT2D eigenvalue weighted by Crippen LogP contribution is -2.31. The van der Waals surface area contributed by atoms with Crippen LogP contribution in [0.3, 0.4) is 0 Å². The van der Waals surface area contributed by atoms with Gasteiger partial charge in [-0.25, -0.2) is 0 Å². The first-order valence-electron chi connectivity index (χ1n) is 6.32. The zero-order chi connectivity index (χ0) is 14.4. The number of benzene rings is 1. The Kier molecular flexibility index (Phi) is 4.46. The fraction of sp³-hybridized carbons (Fsp3) is 0.188. The molecule has 1 aromatic carbocycles. The third kappa shape index (κ3) is 3.21. The maximum atomic E-state index is 12.4. The standard InChI is InChI=1S/C16H15N3O/c1-19(12-14-9-5-6-10-18-14)16(20)15(11-17)13-7-3-2-4-8-13/h2-10,15H,12H2,1H3. The molecule has 0 spiro atoms. The Balaban J connectivity index is 2.11. The van der Waals surface area contributed by atoms with E-state index >= 15 is 0 Å². The minimum atomic E-state index is -0.773. The van der Waals surface area contributed by atoms with E-state index in [4.69, 9.17) is 0 Å². The molecule has 4 nitrogen and oxygen atoms in total. The van der Waals surface area contributed by atoms with Gasteiger partial charge in [0, 0.05) is 13.2 Å². The van der Waals surface area contributed by atoms with Gasteiger partial charge in [-0.15, -0.1) is 0 Å². The molecule has 0 bridgehead atoms. The van der Waals surface area contributed by atoms with E-state index in [1.54, 1.807) is 25.4 Å². The number of carbonyl (C=O) groups excluding carboxylic acids is 1. The van der Waals surface area contributed by atoms with Gasteiger partial charge >= 0.3 is 0 Å². The number of amides is 1. The fourth-order valence-electron chi connectivity index (χ4n) is 1.95. The second-order valence-electron chi connectivity index (χ2n) is 4.49. The second kappa shape index (κ2) is 6.48. The molecule has 20 heavy (non-hydrogen) atoms. The van der Waals surface area contributed by atoms with E-state index in [1.165, 1.54) is 4.90 Å². The Morgan fingerprint density at radius 3 is 2.55 bits per heavy atom. The number of carbonyl (C=O) groups is 1. The van der Waals surface area contributed by atoms with Gasteiger partial charge < -0.3 is 4.90 Å². The molecule has 1 aromatic heterocycles. The van der Waals surface area contributed by atoms with Crippen molar-refractivity contribution in [1.29, 1.82) is 5.26 Å². The Morgan fingerprint density at radius 2 is 1.95 bits per heavy atom. The zero-order valence-electron chi connectivity index (χ0n) is 11.2. The molecular formula is C16H15N3O. The lowest BCUT2D eigenvalue weighted by atomic mass is 9.99. The Morgan fingerprint density at radius 1 is 1.25 bits per heavy atom. The monoisotopic (exact) mass is 265 g/mol. The number of nitriles is 1. The second-order valence-corrected chi connectivity index (χ2v) is 4.49. The molecule has 4 heteroatoms. The summed E-state index contributed by atoms with van der Waals surface area (Å²) in [6.07, 6.45) is 1.69. The summed E-state index contributed by atoms with van der Waals surface area (Å²) in [4.78, 5) is 18.1. The maximum Gasteiger partial charge on any atom is 0.244 e. The molecule has 2 rings (SSSR count). The quantitative estimate of drug-likeness (QED) is 0.852. The summed E-state index contributed by atoms with van der Waals surface area (Å²) < 4.78 is 0. The van der Waals surface area contributed by atoms with Gasteiger partial charge in [-0.2, -0.15) is 5.26 Å². The molecule has 0 aliphatic heterocycles. The van der Waals surface area contributed by atoms with Crippen molar-refractivity contribution in [2.45, 2.75) is 12.5 Å². The molecule has 100 valence electrons. The highest BCUT2D eigenvalue weighted by Crippen LogP contribution is 2.17. The van der Waals surface area contributed by atoms with Crippen LogP contribution < -0.4 is 0 Å². The minimum absolute atomic E-state index is 0.218. The van der Waals surface area contributed by atoms with Crippen LogP contribution in [0.4, 0.5) is 0 Å². The van der Waals surface area contributed by atoms with Crippen LogP contribution in [0.2, 0.25) is 0 Å². The minimum Gasteiger partial charge on any atom is -0.338 e. The van der Waals surface area contributed by atoms with Gasteiger partial charge in [-0.1, -0.05) is 36.4 Å². The largest absolute Gasteiger partial charge is 0.338 e. The highest BCUT2D eigenvalue weighted by Gasteiger charge is 2.23. The number of nitrogens with zero attached hydrogens (tertiary/aromatic N) is 3. The number of pyridine rings is 1. The van der Waals surface area contributed by atoms with Crippen molar-refractivity contribution in [2.24, 2.45) is 0 Å². The van der Waals surface area contributed by atoms with Crippen LogP contribution in [0.25, 0.3) is 0 Å². The zero-order valence-corrected chi connectivity index (χ0v) is 11.2. The molecule has 2 aromatic rings. The van der Waals surface area contributed by atoms with Crippen molar-refractivity contribution in [3.63, 3.8) is 0 Å². The van der Waals surface area contributed by atoms with Gasteiger partial charge in [0.25, 0.3) is 0 Å². The van der Waals surface area contributed by atoms with Crippen LogP contribution >= 0.6 is 0 Å². The maximum absolute atomic E-state index is 12.4. The van der Waals surface area contributed by atoms with E-state index in [0.717, 1.165) is 5.69 Å². The Bertz CT molecular complexity index is 605. The number of rotatable bonds is 4. The van der Waals surface area contributed by atoms with Crippen molar-refractivity contribution in [3.05, 3.63) is 66.0 Å². The SMILES string of the molecule is CN(Cc1ccccn1)C(=O)C(C#N)c1ccccc1.